The van der Waals surface area contributed by atoms with Crippen LogP contribution >= 0.6 is 11.8 Å². The van der Waals surface area contributed by atoms with Crippen LogP contribution in [0.15, 0.2) is 6.07 Å². The SMILES string of the molecule is CCCc1nc(NN)cc(NC2CCCSC2)n1. The molecule has 1 aliphatic heterocycles. The summed E-state index contributed by atoms with van der Waals surface area (Å²) in [5, 5.41) is 3.49. The summed E-state index contributed by atoms with van der Waals surface area (Å²) in [5.41, 5.74) is 2.61. The first-order valence-electron chi connectivity index (χ1n) is 6.50. The van der Waals surface area contributed by atoms with E-state index in [1.165, 1.54) is 18.6 Å². The molecule has 18 heavy (non-hydrogen) atoms. The summed E-state index contributed by atoms with van der Waals surface area (Å²) < 4.78 is 0. The Hall–Kier alpha value is -1.01. The van der Waals surface area contributed by atoms with Crippen molar-refractivity contribution in [2.24, 2.45) is 5.84 Å². The number of rotatable bonds is 5. The normalized spacial score (nSPS) is 19.6. The predicted octanol–water partition coefficient (Wildman–Crippen LogP) is 2.02. The first kappa shape index (κ1) is 13.4. The number of aromatic nitrogens is 2. The third-order valence-electron chi connectivity index (χ3n) is 2.91. The van der Waals surface area contributed by atoms with Crippen molar-refractivity contribution in [2.45, 2.75) is 38.6 Å². The van der Waals surface area contributed by atoms with Crippen molar-refractivity contribution in [1.29, 1.82) is 0 Å². The highest BCUT2D eigenvalue weighted by Gasteiger charge is 2.14. The lowest BCUT2D eigenvalue weighted by Gasteiger charge is -2.23. The number of hydrazine groups is 1. The van der Waals surface area contributed by atoms with Crippen molar-refractivity contribution in [1.82, 2.24) is 9.97 Å². The molecule has 0 bridgehead atoms. The number of nitrogen functional groups attached to an aromatic ring is 1. The quantitative estimate of drug-likeness (QED) is 0.560. The Bertz CT molecular complexity index is 379. The molecule has 4 N–H and O–H groups in total. The Kier molecular flexibility index (Phi) is 5.07. The summed E-state index contributed by atoms with van der Waals surface area (Å²) in [6, 6.07) is 2.39. The molecule has 6 heteroatoms. The minimum absolute atomic E-state index is 0.513. The lowest BCUT2D eigenvalue weighted by atomic mass is 10.2. The molecule has 2 heterocycles. The van der Waals surface area contributed by atoms with E-state index in [2.05, 4.69) is 27.6 Å². The molecule has 0 amide bonds. The number of anilines is 2. The van der Waals surface area contributed by atoms with E-state index in [9.17, 15) is 0 Å². The maximum atomic E-state index is 5.44. The molecule has 0 aliphatic carbocycles. The minimum atomic E-state index is 0.513. The third kappa shape index (κ3) is 3.74. The topological polar surface area (TPSA) is 75.9 Å². The van der Waals surface area contributed by atoms with Crippen molar-refractivity contribution in [3.8, 4) is 0 Å². The summed E-state index contributed by atoms with van der Waals surface area (Å²) in [6.45, 7) is 2.12. The average molecular weight is 267 g/mol. The summed E-state index contributed by atoms with van der Waals surface area (Å²) in [6.07, 6.45) is 4.40. The highest BCUT2D eigenvalue weighted by atomic mass is 32.2. The fourth-order valence-corrected chi connectivity index (χ4v) is 3.12. The van der Waals surface area contributed by atoms with Crippen LogP contribution in [0, 0.1) is 0 Å². The van der Waals surface area contributed by atoms with Crippen molar-refractivity contribution in [2.75, 3.05) is 22.2 Å². The molecule has 100 valence electrons. The molecule has 0 aromatic carbocycles. The van der Waals surface area contributed by atoms with Gasteiger partial charge in [-0.2, -0.15) is 11.8 Å². The second-order valence-electron chi connectivity index (χ2n) is 4.51. The molecule has 5 nitrogen and oxygen atoms in total. The van der Waals surface area contributed by atoms with Crippen molar-refractivity contribution in [3.05, 3.63) is 11.9 Å². The molecule has 0 radical (unpaired) electrons. The molecule has 1 aliphatic rings. The summed E-state index contributed by atoms with van der Waals surface area (Å²) in [7, 11) is 0. The van der Waals surface area contributed by atoms with Gasteiger partial charge in [-0.3, -0.25) is 0 Å². The zero-order valence-electron chi connectivity index (χ0n) is 10.8. The molecule has 1 aromatic heterocycles. The highest BCUT2D eigenvalue weighted by molar-refractivity contribution is 7.99. The van der Waals surface area contributed by atoms with Gasteiger partial charge in [0.1, 0.15) is 17.5 Å². The van der Waals surface area contributed by atoms with Gasteiger partial charge in [-0.1, -0.05) is 6.92 Å². The lowest BCUT2D eigenvalue weighted by Crippen LogP contribution is -2.26. The van der Waals surface area contributed by atoms with Gasteiger partial charge in [0.2, 0.25) is 0 Å². The zero-order valence-corrected chi connectivity index (χ0v) is 11.6. The van der Waals surface area contributed by atoms with Crippen molar-refractivity contribution < 1.29 is 0 Å². The molecule has 1 aromatic rings. The number of nitrogens with zero attached hydrogens (tertiary/aromatic N) is 2. The molecule has 0 spiro atoms. The molecule has 1 fully saturated rings. The average Bonchev–Trinajstić information content (AvgIpc) is 2.40. The lowest BCUT2D eigenvalue weighted by molar-refractivity contribution is 0.680. The van der Waals surface area contributed by atoms with E-state index in [0.717, 1.165) is 30.2 Å². The van der Waals surface area contributed by atoms with E-state index < -0.39 is 0 Å². The first-order valence-corrected chi connectivity index (χ1v) is 7.66. The van der Waals surface area contributed by atoms with Gasteiger partial charge in [0.25, 0.3) is 0 Å². The molecule has 1 unspecified atom stereocenters. The predicted molar refractivity (Wildman–Crippen MR) is 77.8 cm³/mol. The number of hydrogen-bond acceptors (Lipinski definition) is 6. The summed E-state index contributed by atoms with van der Waals surface area (Å²) in [4.78, 5) is 8.88. The maximum absolute atomic E-state index is 5.44. The Morgan fingerprint density at radius 3 is 2.94 bits per heavy atom. The molecular weight excluding hydrogens is 246 g/mol. The molecule has 2 rings (SSSR count). The highest BCUT2D eigenvalue weighted by Crippen LogP contribution is 2.21. The van der Waals surface area contributed by atoms with Gasteiger partial charge in [-0.15, -0.1) is 0 Å². The van der Waals surface area contributed by atoms with Crippen LogP contribution in [0.2, 0.25) is 0 Å². The number of thioether (sulfide) groups is 1. The van der Waals surface area contributed by atoms with E-state index >= 15 is 0 Å². The van der Waals surface area contributed by atoms with E-state index in [4.69, 9.17) is 5.84 Å². The Labute approximate surface area is 112 Å². The summed E-state index contributed by atoms with van der Waals surface area (Å²) >= 11 is 2.00. The van der Waals surface area contributed by atoms with Crippen LogP contribution in [0.5, 0.6) is 0 Å². The number of aryl methyl sites for hydroxylation is 1. The van der Waals surface area contributed by atoms with E-state index in [1.807, 2.05) is 17.8 Å². The van der Waals surface area contributed by atoms with Crippen LogP contribution in [0.25, 0.3) is 0 Å². The summed E-state index contributed by atoms with van der Waals surface area (Å²) in [5.74, 6) is 10.3. The van der Waals surface area contributed by atoms with Gasteiger partial charge in [-0.25, -0.2) is 15.8 Å². The fraction of sp³-hybridized carbons (Fsp3) is 0.667. The van der Waals surface area contributed by atoms with Gasteiger partial charge in [0, 0.05) is 24.3 Å². The van der Waals surface area contributed by atoms with Crippen molar-refractivity contribution in [3.63, 3.8) is 0 Å². The number of nitrogens with one attached hydrogen (secondary N) is 2. The fourth-order valence-electron chi connectivity index (χ4n) is 2.04. The standard InChI is InChI=1S/C12H21N5S/c1-2-4-10-15-11(7-12(16-10)17-13)14-9-5-3-6-18-8-9/h7,9H,2-6,8,13H2,1H3,(H2,14,15,16,17). The minimum Gasteiger partial charge on any atom is -0.366 e. The van der Waals surface area contributed by atoms with Crippen LogP contribution < -0.4 is 16.6 Å². The molecule has 0 saturated carbocycles. The van der Waals surface area contributed by atoms with E-state index in [0.29, 0.717) is 11.9 Å². The smallest absolute Gasteiger partial charge is 0.145 e. The molecule has 1 saturated heterocycles. The first-order chi connectivity index (χ1) is 8.81. The van der Waals surface area contributed by atoms with Crippen LogP contribution in [-0.2, 0) is 6.42 Å². The largest absolute Gasteiger partial charge is 0.366 e. The van der Waals surface area contributed by atoms with Crippen LogP contribution in [0.4, 0.5) is 11.6 Å². The van der Waals surface area contributed by atoms with Gasteiger partial charge < -0.3 is 10.7 Å². The third-order valence-corrected chi connectivity index (χ3v) is 4.12. The Morgan fingerprint density at radius 2 is 2.28 bits per heavy atom. The van der Waals surface area contributed by atoms with Gasteiger partial charge in [0.05, 0.1) is 0 Å². The van der Waals surface area contributed by atoms with E-state index in [-0.39, 0.29) is 0 Å². The second kappa shape index (κ2) is 6.80. The monoisotopic (exact) mass is 267 g/mol. The number of hydrogen-bond donors (Lipinski definition) is 3. The van der Waals surface area contributed by atoms with Gasteiger partial charge in [-0.05, 0) is 25.0 Å². The van der Waals surface area contributed by atoms with Crippen LogP contribution in [-0.4, -0.2) is 27.5 Å². The number of nitrogens with two attached hydrogens (primary N) is 1. The van der Waals surface area contributed by atoms with Gasteiger partial charge in [0.15, 0.2) is 0 Å². The van der Waals surface area contributed by atoms with Crippen molar-refractivity contribution >= 4 is 23.4 Å². The van der Waals surface area contributed by atoms with E-state index in [1.54, 1.807) is 0 Å². The molecular formula is C12H21N5S. The zero-order chi connectivity index (χ0) is 12.8. The second-order valence-corrected chi connectivity index (χ2v) is 5.66. The van der Waals surface area contributed by atoms with Crippen LogP contribution in [0.3, 0.4) is 0 Å². The van der Waals surface area contributed by atoms with Gasteiger partial charge >= 0.3 is 0 Å². The Balaban J connectivity index is 2.07. The maximum Gasteiger partial charge on any atom is 0.145 e. The van der Waals surface area contributed by atoms with Crippen LogP contribution in [0.1, 0.15) is 32.0 Å². The molecule has 1 atom stereocenters. The Morgan fingerprint density at radius 1 is 1.44 bits per heavy atom.